The van der Waals surface area contributed by atoms with Gasteiger partial charge in [0.25, 0.3) is 0 Å². The molecule has 0 aliphatic carbocycles. The lowest BCUT2D eigenvalue weighted by Gasteiger charge is -2.26. The first-order valence-corrected chi connectivity index (χ1v) is 7.63. The van der Waals surface area contributed by atoms with Gasteiger partial charge in [-0.05, 0) is 69.7 Å². The van der Waals surface area contributed by atoms with Crippen LogP contribution in [0.15, 0.2) is 24.3 Å². The normalized spacial score (nSPS) is 13.8. The Balaban J connectivity index is 2.63. The summed E-state index contributed by atoms with van der Waals surface area (Å²) in [6.45, 7) is 12.3. The highest BCUT2D eigenvalue weighted by Gasteiger charge is 2.16. The van der Waals surface area contributed by atoms with Crippen LogP contribution in [-0.4, -0.2) is 12.1 Å². The Labute approximate surface area is 123 Å². The first-order valence-electron chi connectivity index (χ1n) is 7.26. The first-order chi connectivity index (χ1) is 8.76. The van der Waals surface area contributed by atoms with E-state index in [4.69, 9.17) is 11.6 Å². The topological polar surface area (TPSA) is 12.0 Å². The van der Waals surface area contributed by atoms with Crippen LogP contribution in [0.3, 0.4) is 0 Å². The second kappa shape index (κ2) is 7.31. The molecule has 1 unspecified atom stereocenters. The van der Waals surface area contributed by atoms with Crippen LogP contribution >= 0.6 is 11.6 Å². The highest BCUT2D eigenvalue weighted by molar-refractivity contribution is 6.30. The minimum Gasteiger partial charge on any atom is -0.312 e. The molecule has 1 aromatic rings. The van der Waals surface area contributed by atoms with Gasteiger partial charge >= 0.3 is 0 Å². The van der Waals surface area contributed by atoms with E-state index in [1.807, 2.05) is 12.1 Å². The molecule has 0 spiro atoms. The van der Waals surface area contributed by atoms with Crippen molar-refractivity contribution in [2.24, 2.45) is 11.8 Å². The molecule has 0 fully saturated rings. The third-order valence-electron chi connectivity index (χ3n) is 3.14. The van der Waals surface area contributed by atoms with Crippen LogP contribution < -0.4 is 5.32 Å². The minimum absolute atomic E-state index is 0.184. The lowest BCUT2D eigenvalue weighted by atomic mass is 9.90. The van der Waals surface area contributed by atoms with E-state index >= 15 is 0 Å². The zero-order chi connectivity index (χ0) is 14.5. The maximum Gasteiger partial charge on any atom is 0.0408 e. The molecule has 0 heterocycles. The summed E-state index contributed by atoms with van der Waals surface area (Å²) in [5.74, 6) is 1.39. The maximum absolute atomic E-state index is 6.07. The number of rotatable bonds is 6. The van der Waals surface area contributed by atoms with Crippen LogP contribution in [0.4, 0.5) is 0 Å². The second-order valence-electron chi connectivity index (χ2n) is 6.96. The summed E-state index contributed by atoms with van der Waals surface area (Å²) < 4.78 is 0. The van der Waals surface area contributed by atoms with Crippen molar-refractivity contribution in [3.05, 3.63) is 34.9 Å². The van der Waals surface area contributed by atoms with Crippen molar-refractivity contribution in [2.75, 3.05) is 6.54 Å². The van der Waals surface area contributed by atoms with Gasteiger partial charge in [-0.3, -0.25) is 0 Å². The SMILES string of the molecule is CC(C)CC(CNC(C)(C)C)Cc1cccc(Cl)c1. The fraction of sp³-hybridized carbons (Fsp3) is 0.647. The lowest BCUT2D eigenvalue weighted by Crippen LogP contribution is -2.39. The molecule has 0 radical (unpaired) electrons. The Morgan fingerprint density at radius 1 is 1.21 bits per heavy atom. The molecule has 0 saturated carbocycles. The average molecular weight is 282 g/mol. The fourth-order valence-electron chi connectivity index (χ4n) is 2.35. The monoisotopic (exact) mass is 281 g/mol. The van der Waals surface area contributed by atoms with Gasteiger partial charge in [0.05, 0.1) is 0 Å². The van der Waals surface area contributed by atoms with E-state index in [-0.39, 0.29) is 5.54 Å². The Kier molecular flexibility index (Phi) is 6.35. The molecular formula is C17H28ClN. The molecule has 1 N–H and O–H groups in total. The van der Waals surface area contributed by atoms with E-state index in [2.05, 4.69) is 52.1 Å². The van der Waals surface area contributed by atoms with Crippen LogP contribution in [-0.2, 0) is 6.42 Å². The summed E-state index contributed by atoms with van der Waals surface area (Å²) in [6, 6.07) is 8.25. The van der Waals surface area contributed by atoms with Gasteiger partial charge in [-0.15, -0.1) is 0 Å². The molecule has 0 saturated heterocycles. The van der Waals surface area contributed by atoms with E-state index in [9.17, 15) is 0 Å². The van der Waals surface area contributed by atoms with Crippen molar-refractivity contribution in [3.8, 4) is 0 Å². The number of halogens is 1. The van der Waals surface area contributed by atoms with Crippen molar-refractivity contribution in [1.82, 2.24) is 5.32 Å². The summed E-state index contributed by atoms with van der Waals surface area (Å²) in [5, 5.41) is 4.47. The molecule has 108 valence electrons. The van der Waals surface area contributed by atoms with Gasteiger partial charge in [-0.1, -0.05) is 37.6 Å². The molecule has 0 bridgehead atoms. The molecular weight excluding hydrogens is 254 g/mol. The average Bonchev–Trinajstić information content (AvgIpc) is 2.24. The molecule has 2 heteroatoms. The molecule has 19 heavy (non-hydrogen) atoms. The van der Waals surface area contributed by atoms with Gasteiger partial charge in [0, 0.05) is 10.6 Å². The van der Waals surface area contributed by atoms with Gasteiger partial charge < -0.3 is 5.32 Å². The van der Waals surface area contributed by atoms with Crippen LogP contribution in [0.1, 0.15) is 46.6 Å². The summed E-state index contributed by atoms with van der Waals surface area (Å²) >= 11 is 6.07. The molecule has 0 aliphatic rings. The van der Waals surface area contributed by atoms with Gasteiger partial charge in [0.15, 0.2) is 0 Å². The van der Waals surface area contributed by atoms with Crippen molar-refractivity contribution in [3.63, 3.8) is 0 Å². The van der Waals surface area contributed by atoms with E-state index in [0.717, 1.165) is 23.9 Å². The van der Waals surface area contributed by atoms with Gasteiger partial charge in [0.2, 0.25) is 0 Å². The zero-order valence-electron chi connectivity index (χ0n) is 13.0. The smallest absolute Gasteiger partial charge is 0.0408 e. The number of nitrogens with one attached hydrogen (secondary N) is 1. The molecule has 1 rings (SSSR count). The highest BCUT2D eigenvalue weighted by atomic mass is 35.5. The maximum atomic E-state index is 6.07. The molecule has 0 aliphatic heterocycles. The number of benzene rings is 1. The third kappa shape index (κ3) is 7.59. The van der Waals surface area contributed by atoms with E-state index < -0.39 is 0 Å². The Bertz CT molecular complexity index is 379. The van der Waals surface area contributed by atoms with Crippen LogP contribution in [0.25, 0.3) is 0 Å². The molecule has 0 amide bonds. The molecule has 1 nitrogen and oxygen atoms in total. The predicted octanol–water partition coefficient (Wildman–Crippen LogP) is 4.93. The van der Waals surface area contributed by atoms with Gasteiger partial charge in [0.1, 0.15) is 0 Å². The van der Waals surface area contributed by atoms with E-state index in [1.165, 1.54) is 12.0 Å². The van der Waals surface area contributed by atoms with E-state index in [1.54, 1.807) is 0 Å². The quantitative estimate of drug-likeness (QED) is 0.779. The highest BCUT2D eigenvalue weighted by Crippen LogP contribution is 2.20. The fourth-order valence-corrected chi connectivity index (χ4v) is 2.57. The summed E-state index contributed by atoms with van der Waals surface area (Å²) in [7, 11) is 0. The number of hydrogen-bond acceptors (Lipinski definition) is 1. The van der Waals surface area contributed by atoms with Crippen LogP contribution in [0, 0.1) is 11.8 Å². The van der Waals surface area contributed by atoms with Gasteiger partial charge in [-0.25, -0.2) is 0 Å². The van der Waals surface area contributed by atoms with Crippen molar-refractivity contribution in [1.29, 1.82) is 0 Å². The number of hydrogen-bond donors (Lipinski definition) is 1. The third-order valence-corrected chi connectivity index (χ3v) is 3.37. The summed E-state index contributed by atoms with van der Waals surface area (Å²) in [4.78, 5) is 0. The van der Waals surface area contributed by atoms with Crippen molar-refractivity contribution >= 4 is 11.6 Å². The van der Waals surface area contributed by atoms with Crippen molar-refractivity contribution < 1.29 is 0 Å². The molecule has 0 aromatic heterocycles. The molecule has 1 aromatic carbocycles. The standard InChI is InChI=1S/C17H28ClN/c1-13(2)9-15(12-19-17(3,4)5)10-14-7-6-8-16(18)11-14/h6-8,11,13,15,19H,9-10,12H2,1-5H3. The minimum atomic E-state index is 0.184. The van der Waals surface area contributed by atoms with Crippen molar-refractivity contribution in [2.45, 2.75) is 53.0 Å². The summed E-state index contributed by atoms with van der Waals surface area (Å²) in [5.41, 5.74) is 1.53. The van der Waals surface area contributed by atoms with Crippen LogP contribution in [0.2, 0.25) is 5.02 Å². The second-order valence-corrected chi connectivity index (χ2v) is 7.40. The molecule has 1 atom stereocenters. The summed E-state index contributed by atoms with van der Waals surface area (Å²) in [6.07, 6.45) is 2.34. The van der Waals surface area contributed by atoms with Crippen LogP contribution in [0.5, 0.6) is 0 Å². The zero-order valence-corrected chi connectivity index (χ0v) is 13.7. The van der Waals surface area contributed by atoms with E-state index in [0.29, 0.717) is 5.92 Å². The lowest BCUT2D eigenvalue weighted by molar-refractivity contribution is 0.331. The first kappa shape index (κ1) is 16.5. The largest absolute Gasteiger partial charge is 0.312 e. The van der Waals surface area contributed by atoms with Gasteiger partial charge in [-0.2, -0.15) is 0 Å². The Morgan fingerprint density at radius 2 is 1.89 bits per heavy atom. The Hall–Kier alpha value is -0.530. The predicted molar refractivity (Wildman–Crippen MR) is 85.9 cm³/mol. The Morgan fingerprint density at radius 3 is 2.42 bits per heavy atom.